The number of hydrogen-bond acceptors (Lipinski definition) is 2. The number of benzene rings is 7. The van der Waals surface area contributed by atoms with E-state index in [-0.39, 0.29) is 0 Å². The molecular formula is C43H27N3. The van der Waals surface area contributed by atoms with E-state index < -0.39 is 0 Å². The predicted molar refractivity (Wildman–Crippen MR) is 190 cm³/mol. The second-order valence-electron chi connectivity index (χ2n) is 12.2. The Morgan fingerprint density at radius 1 is 0.457 bits per heavy atom. The molecule has 0 N–H and O–H groups in total. The van der Waals surface area contributed by atoms with Crippen molar-refractivity contribution < 1.29 is 0 Å². The van der Waals surface area contributed by atoms with Gasteiger partial charge in [-0.2, -0.15) is 0 Å². The molecule has 3 heterocycles. The molecule has 0 saturated carbocycles. The van der Waals surface area contributed by atoms with Gasteiger partial charge in [0.15, 0.2) is 5.82 Å². The lowest BCUT2D eigenvalue weighted by molar-refractivity contribution is 1.09. The molecule has 3 nitrogen and oxygen atoms in total. The number of aromatic nitrogens is 3. The summed E-state index contributed by atoms with van der Waals surface area (Å²) in [6.45, 7) is 0. The van der Waals surface area contributed by atoms with Gasteiger partial charge in [-0.15, -0.1) is 0 Å². The lowest BCUT2D eigenvalue weighted by Gasteiger charge is -2.20. The van der Waals surface area contributed by atoms with Crippen LogP contribution in [0.2, 0.25) is 0 Å². The van der Waals surface area contributed by atoms with Gasteiger partial charge < -0.3 is 4.57 Å². The van der Waals surface area contributed by atoms with Gasteiger partial charge in [0.25, 0.3) is 0 Å². The van der Waals surface area contributed by atoms with Crippen molar-refractivity contribution in [2.24, 2.45) is 0 Å². The van der Waals surface area contributed by atoms with Gasteiger partial charge in [0, 0.05) is 44.8 Å². The third kappa shape index (κ3) is 3.72. The minimum Gasteiger partial charge on any atom is -0.308 e. The standard InChI is InChI=1S/C43H27N3/c1-3-12-29(13-4-1)40-37-23-27-19-21-34-36-25-31-16-7-8-17-32(31)26-39(36)46(38(34)24-27)42-33-18-10-9-11-28(33)20-22-35(42)41(37)45-43(44-40)30-14-5-2-6-15-30/h1-22,24-26H,23H2. The topological polar surface area (TPSA) is 30.7 Å². The second-order valence-corrected chi connectivity index (χ2v) is 12.2. The van der Waals surface area contributed by atoms with E-state index in [1.54, 1.807) is 0 Å². The number of hydrogen-bond donors (Lipinski definition) is 0. The van der Waals surface area contributed by atoms with E-state index in [2.05, 4.69) is 150 Å². The maximum Gasteiger partial charge on any atom is 0.160 e. The van der Waals surface area contributed by atoms with Crippen LogP contribution >= 0.6 is 0 Å². The Morgan fingerprint density at radius 2 is 1.11 bits per heavy atom. The van der Waals surface area contributed by atoms with Gasteiger partial charge in [0.2, 0.25) is 0 Å². The molecule has 214 valence electrons. The van der Waals surface area contributed by atoms with Crippen molar-refractivity contribution in [2.45, 2.75) is 6.42 Å². The number of rotatable bonds is 2. The highest BCUT2D eigenvalue weighted by atomic mass is 15.0. The minimum atomic E-state index is 0.723. The third-order valence-corrected chi connectivity index (χ3v) is 9.54. The molecule has 2 bridgehead atoms. The molecule has 0 fully saturated rings. The van der Waals surface area contributed by atoms with Crippen LogP contribution in [0.5, 0.6) is 0 Å². The Bertz CT molecular complexity index is 2650. The molecule has 2 aromatic heterocycles. The molecule has 10 rings (SSSR count). The fraction of sp³-hybridized carbons (Fsp3) is 0.0233. The Hall–Kier alpha value is -6.06. The molecular weight excluding hydrogens is 558 g/mol. The van der Waals surface area contributed by atoms with Crippen LogP contribution in [0.15, 0.2) is 152 Å². The second kappa shape index (κ2) is 9.72. The Morgan fingerprint density at radius 3 is 1.91 bits per heavy atom. The van der Waals surface area contributed by atoms with Gasteiger partial charge in [0.1, 0.15) is 0 Å². The van der Waals surface area contributed by atoms with Crippen LogP contribution in [-0.2, 0) is 6.42 Å². The molecule has 1 aliphatic rings. The summed E-state index contributed by atoms with van der Waals surface area (Å²) in [4.78, 5) is 10.8. The molecule has 0 atom stereocenters. The van der Waals surface area contributed by atoms with Crippen molar-refractivity contribution in [3.8, 4) is 39.6 Å². The zero-order chi connectivity index (χ0) is 30.2. The zero-order valence-electron chi connectivity index (χ0n) is 25.0. The highest BCUT2D eigenvalue weighted by molar-refractivity contribution is 6.15. The van der Waals surface area contributed by atoms with Crippen molar-refractivity contribution in [1.82, 2.24) is 14.5 Å². The molecule has 46 heavy (non-hydrogen) atoms. The quantitative estimate of drug-likeness (QED) is 0.202. The van der Waals surface area contributed by atoms with Crippen molar-refractivity contribution in [2.75, 3.05) is 0 Å². The average molecular weight is 586 g/mol. The number of fused-ring (bicyclic) bond motifs is 11. The molecule has 0 unspecified atom stereocenters. The van der Waals surface area contributed by atoms with Crippen molar-refractivity contribution in [3.63, 3.8) is 0 Å². The zero-order valence-corrected chi connectivity index (χ0v) is 25.0. The predicted octanol–water partition coefficient (Wildman–Crippen LogP) is 10.8. The Labute approximate surface area is 266 Å². The third-order valence-electron chi connectivity index (χ3n) is 9.54. The first-order valence-electron chi connectivity index (χ1n) is 15.8. The summed E-state index contributed by atoms with van der Waals surface area (Å²) >= 11 is 0. The summed E-state index contributed by atoms with van der Waals surface area (Å²) in [7, 11) is 0. The molecule has 0 aliphatic carbocycles. The molecule has 1 aliphatic heterocycles. The highest BCUT2D eigenvalue weighted by Crippen LogP contribution is 2.44. The first kappa shape index (κ1) is 25.3. The monoisotopic (exact) mass is 585 g/mol. The van der Waals surface area contributed by atoms with Crippen LogP contribution in [0.3, 0.4) is 0 Å². The minimum absolute atomic E-state index is 0.723. The van der Waals surface area contributed by atoms with Gasteiger partial charge >= 0.3 is 0 Å². The largest absolute Gasteiger partial charge is 0.308 e. The van der Waals surface area contributed by atoms with Gasteiger partial charge in [-0.3, -0.25) is 0 Å². The van der Waals surface area contributed by atoms with Crippen LogP contribution in [-0.4, -0.2) is 14.5 Å². The molecule has 3 heteroatoms. The van der Waals surface area contributed by atoms with E-state index >= 15 is 0 Å². The maximum atomic E-state index is 5.46. The maximum absolute atomic E-state index is 5.46. The van der Waals surface area contributed by atoms with E-state index in [1.165, 1.54) is 48.9 Å². The molecule has 0 amide bonds. The fourth-order valence-corrected chi connectivity index (χ4v) is 7.42. The molecule has 7 aromatic carbocycles. The average Bonchev–Trinajstić information content (AvgIpc) is 3.44. The SMILES string of the molecule is c1ccc(-c2nc(-c3ccccc3)c3c(n2)-c2ccc4ccccc4c2-n2c4cc(ccc4c4cc5ccccc5cc42)C3)cc1. The molecule has 0 spiro atoms. The summed E-state index contributed by atoms with van der Waals surface area (Å²) in [5.74, 6) is 0.733. The van der Waals surface area contributed by atoms with Crippen molar-refractivity contribution >= 4 is 43.4 Å². The summed E-state index contributed by atoms with van der Waals surface area (Å²) in [6.07, 6.45) is 0.723. The van der Waals surface area contributed by atoms with Crippen LogP contribution < -0.4 is 0 Å². The van der Waals surface area contributed by atoms with Gasteiger partial charge in [-0.05, 0) is 39.9 Å². The van der Waals surface area contributed by atoms with Gasteiger partial charge in [0.05, 0.1) is 28.1 Å². The number of nitrogens with zero attached hydrogens (tertiary/aromatic N) is 3. The Balaban J connectivity index is 1.41. The first-order valence-corrected chi connectivity index (χ1v) is 15.8. The summed E-state index contributed by atoms with van der Waals surface area (Å²) < 4.78 is 2.50. The fourth-order valence-electron chi connectivity index (χ4n) is 7.42. The van der Waals surface area contributed by atoms with Crippen molar-refractivity contribution in [1.29, 1.82) is 0 Å². The van der Waals surface area contributed by atoms with Crippen LogP contribution in [0, 0.1) is 0 Å². The normalized spacial score (nSPS) is 12.3. The lowest BCUT2D eigenvalue weighted by atomic mass is 9.92. The lowest BCUT2D eigenvalue weighted by Crippen LogP contribution is -2.06. The van der Waals surface area contributed by atoms with Crippen LogP contribution in [0.25, 0.3) is 82.9 Å². The van der Waals surface area contributed by atoms with E-state index in [0.717, 1.165) is 51.6 Å². The summed E-state index contributed by atoms with van der Waals surface area (Å²) in [5, 5.41) is 7.41. The van der Waals surface area contributed by atoms with Gasteiger partial charge in [-0.25, -0.2) is 9.97 Å². The summed E-state index contributed by atoms with van der Waals surface area (Å²) in [6, 6.07) is 54.6. The van der Waals surface area contributed by atoms with E-state index in [4.69, 9.17) is 9.97 Å². The molecule has 9 aromatic rings. The van der Waals surface area contributed by atoms with E-state index in [0.29, 0.717) is 0 Å². The van der Waals surface area contributed by atoms with Crippen LogP contribution in [0.4, 0.5) is 0 Å². The molecule has 0 saturated heterocycles. The Kier molecular flexibility index (Phi) is 5.34. The smallest absolute Gasteiger partial charge is 0.160 e. The van der Waals surface area contributed by atoms with Crippen LogP contribution in [0.1, 0.15) is 11.1 Å². The highest BCUT2D eigenvalue weighted by Gasteiger charge is 2.26. The summed E-state index contributed by atoms with van der Waals surface area (Å²) in [5.41, 5.74) is 11.1. The van der Waals surface area contributed by atoms with Gasteiger partial charge in [-0.1, -0.05) is 133 Å². The molecule has 0 radical (unpaired) electrons. The van der Waals surface area contributed by atoms with E-state index in [9.17, 15) is 0 Å². The van der Waals surface area contributed by atoms with E-state index in [1.807, 2.05) is 6.07 Å². The first-order chi connectivity index (χ1) is 22.8. The van der Waals surface area contributed by atoms with Crippen molar-refractivity contribution in [3.05, 3.63) is 163 Å².